The Labute approximate surface area is 175 Å². The molecule has 0 unspecified atom stereocenters. The maximum atomic E-state index is 12.6. The monoisotopic (exact) mass is 414 g/mol. The normalized spacial score (nSPS) is 13.9. The molecule has 0 amide bonds. The van der Waals surface area contributed by atoms with Crippen LogP contribution in [0.3, 0.4) is 0 Å². The second kappa shape index (κ2) is 8.65. The molecule has 0 radical (unpaired) electrons. The third kappa shape index (κ3) is 4.35. The number of hydrogen-bond donors (Lipinski definition) is 1. The quantitative estimate of drug-likeness (QED) is 0.701. The van der Waals surface area contributed by atoms with Gasteiger partial charge in [0.1, 0.15) is 18.3 Å². The van der Waals surface area contributed by atoms with Gasteiger partial charge in [-0.05, 0) is 43.0 Å². The molecule has 1 atom stereocenters. The Morgan fingerprint density at radius 2 is 1.97 bits per heavy atom. The van der Waals surface area contributed by atoms with E-state index in [0.717, 1.165) is 5.56 Å². The van der Waals surface area contributed by atoms with Gasteiger partial charge < -0.3 is 24.1 Å². The van der Waals surface area contributed by atoms with Crippen LogP contribution in [0.1, 0.15) is 60.3 Å². The van der Waals surface area contributed by atoms with E-state index >= 15 is 0 Å². The van der Waals surface area contributed by atoms with Crippen molar-refractivity contribution in [2.75, 3.05) is 7.11 Å². The molecule has 160 valence electrons. The number of fused-ring (bicyclic) bond motifs is 2. The van der Waals surface area contributed by atoms with Crippen molar-refractivity contribution in [1.29, 1.82) is 0 Å². The molecule has 0 bridgehead atoms. The first-order chi connectivity index (χ1) is 14.2. The fraction of sp³-hybridized carbons (Fsp3) is 0.391. The zero-order valence-electron chi connectivity index (χ0n) is 17.8. The first-order valence-corrected chi connectivity index (χ1v) is 9.76. The number of carbonyl (C=O) groups is 2. The first kappa shape index (κ1) is 21.5. The number of phenolic OH excluding ortho intramolecular Hbond substituents is 1. The number of esters is 2. The number of benzene rings is 2. The van der Waals surface area contributed by atoms with Crippen LogP contribution < -0.4 is 9.47 Å². The van der Waals surface area contributed by atoms with Crippen LogP contribution in [-0.4, -0.2) is 24.2 Å². The Morgan fingerprint density at radius 3 is 2.60 bits per heavy atom. The van der Waals surface area contributed by atoms with Crippen LogP contribution in [0.4, 0.5) is 0 Å². The molecule has 2 aromatic rings. The third-order valence-corrected chi connectivity index (χ3v) is 4.76. The van der Waals surface area contributed by atoms with Gasteiger partial charge in [-0.3, -0.25) is 4.79 Å². The Kier molecular flexibility index (Phi) is 6.20. The summed E-state index contributed by atoms with van der Waals surface area (Å²) in [6.45, 7) is 7.17. The van der Waals surface area contributed by atoms with Gasteiger partial charge in [-0.25, -0.2) is 4.79 Å². The number of cyclic esters (lactones) is 1. The highest BCUT2D eigenvalue weighted by Gasteiger charge is 2.30. The van der Waals surface area contributed by atoms with Gasteiger partial charge >= 0.3 is 11.9 Å². The zero-order chi connectivity index (χ0) is 22.0. The second-order valence-electron chi connectivity index (χ2n) is 7.74. The largest absolute Gasteiger partial charge is 0.504 e. The van der Waals surface area contributed by atoms with Crippen LogP contribution in [0, 0.1) is 12.8 Å². The minimum atomic E-state index is -0.584. The maximum absolute atomic E-state index is 12.6. The number of carbonyl (C=O) groups excluding carboxylic acids is 2. The number of ether oxygens (including phenoxy) is 4. The summed E-state index contributed by atoms with van der Waals surface area (Å²) in [5.41, 5.74) is 2.07. The standard InChI is InChI=1S/C23H26O7/c1-12(2)8-19(29-14(4)24)16-6-7-17-22(21(16)27-5)30-20-15(11-28-23(17)26)9-13(3)10-18(20)25/h6-7,9-10,12,19,25H,8,11H2,1-5H3/t19-/m0/s1. The number of aromatic hydroxyl groups is 1. The van der Waals surface area contributed by atoms with E-state index in [9.17, 15) is 14.7 Å². The van der Waals surface area contributed by atoms with Crippen molar-refractivity contribution in [1.82, 2.24) is 0 Å². The van der Waals surface area contributed by atoms with Gasteiger partial charge in [-0.2, -0.15) is 0 Å². The van der Waals surface area contributed by atoms with Gasteiger partial charge in [0.05, 0.1) is 7.11 Å². The van der Waals surface area contributed by atoms with E-state index in [2.05, 4.69) is 0 Å². The Morgan fingerprint density at radius 1 is 1.23 bits per heavy atom. The predicted molar refractivity (Wildman–Crippen MR) is 109 cm³/mol. The predicted octanol–water partition coefficient (Wildman–Crippen LogP) is 4.82. The van der Waals surface area contributed by atoms with E-state index in [4.69, 9.17) is 18.9 Å². The van der Waals surface area contributed by atoms with Crippen LogP contribution in [0.5, 0.6) is 23.0 Å². The van der Waals surface area contributed by atoms with Crippen LogP contribution in [0.15, 0.2) is 24.3 Å². The molecular weight excluding hydrogens is 388 g/mol. The number of rotatable bonds is 5. The van der Waals surface area contributed by atoms with Gasteiger partial charge in [0.15, 0.2) is 23.0 Å². The van der Waals surface area contributed by atoms with E-state index in [0.29, 0.717) is 17.5 Å². The highest BCUT2D eigenvalue weighted by atomic mass is 16.6. The van der Waals surface area contributed by atoms with Crippen molar-refractivity contribution in [3.8, 4) is 23.0 Å². The van der Waals surface area contributed by atoms with Gasteiger partial charge in [0.25, 0.3) is 0 Å². The van der Waals surface area contributed by atoms with Crippen LogP contribution in [0.25, 0.3) is 0 Å². The lowest BCUT2D eigenvalue weighted by molar-refractivity contribution is -0.147. The summed E-state index contributed by atoms with van der Waals surface area (Å²) in [7, 11) is 1.45. The molecule has 30 heavy (non-hydrogen) atoms. The van der Waals surface area contributed by atoms with Gasteiger partial charge in [-0.1, -0.05) is 19.9 Å². The second-order valence-corrected chi connectivity index (χ2v) is 7.74. The first-order valence-electron chi connectivity index (χ1n) is 9.76. The van der Waals surface area contributed by atoms with Crippen molar-refractivity contribution in [3.05, 3.63) is 46.5 Å². The third-order valence-electron chi connectivity index (χ3n) is 4.76. The van der Waals surface area contributed by atoms with Crippen molar-refractivity contribution in [2.24, 2.45) is 5.92 Å². The summed E-state index contributed by atoms with van der Waals surface area (Å²) in [4.78, 5) is 24.3. The van der Waals surface area contributed by atoms with Gasteiger partial charge in [-0.15, -0.1) is 0 Å². The summed E-state index contributed by atoms with van der Waals surface area (Å²) in [5, 5.41) is 10.4. The SMILES string of the molecule is COc1c([C@H](CC(C)C)OC(C)=O)ccc2c1Oc1c(O)cc(C)cc1COC2=O. The minimum absolute atomic E-state index is 0.0314. The van der Waals surface area contributed by atoms with Gasteiger partial charge in [0.2, 0.25) is 0 Å². The summed E-state index contributed by atoms with van der Waals surface area (Å²) in [5.74, 6) is -0.273. The molecule has 7 nitrogen and oxygen atoms in total. The molecule has 0 aromatic heterocycles. The highest BCUT2D eigenvalue weighted by Crippen LogP contribution is 2.47. The van der Waals surface area contributed by atoms with Crippen molar-refractivity contribution in [3.63, 3.8) is 0 Å². The average Bonchev–Trinajstić information content (AvgIpc) is 2.65. The summed E-state index contributed by atoms with van der Waals surface area (Å²) < 4.78 is 22.6. The molecule has 1 aliphatic rings. The van der Waals surface area contributed by atoms with Crippen molar-refractivity contribution >= 4 is 11.9 Å². The average molecular weight is 414 g/mol. The lowest BCUT2D eigenvalue weighted by Crippen LogP contribution is -2.16. The van der Waals surface area contributed by atoms with Crippen molar-refractivity contribution in [2.45, 2.75) is 46.8 Å². The van der Waals surface area contributed by atoms with Gasteiger partial charge in [0, 0.05) is 18.1 Å². The molecule has 1 heterocycles. The molecule has 0 aliphatic carbocycles. The molecule has 0 saturated carbocycles. The minimum Gasteiger partial charge on any atom is -0.504 e. The number of methoxy groups -OCH3 is 1. The Hall–Kier alpha value is -3.22. The number of aryl methyl sites for hydroxylation is 1. The molecule has 0 spiro atoms. The molecule has 3 rings (SSSR count). The zero-order valence-corrected chi connectivity index (χ0v) is 17.8. The van der Waals surface area contributed by atoms with Crippen LogP contribution >= 0.6 is 0 Å². The van der Waals surface area contributed by atoms with Crippen LogP contribution in [-0.2, 0) is 20.9 Å². The molecule has 1 aliphatic heterocycles. The molecule has 1 N–H and O–H groups in total. The lowest BCUT2D eigenvalue weighted by atomic mass is 9.96. The molecule has 7 heteroatoms. The van der Waals surface area contributed by atoms with E-state index < -0.39 is 18.0 Å². The van der Waals surface area contributed by atoms with E-state index in [1.54, 1.807) is 24.3 Å². The van der Waals surface area contributed by atoms with E-state index in [-0.39, 0.29) is 41.1 Å². The summed E-state index contributed by atoms with van der Waals surface area (Å²) in [6.07, 6.45) is -0.0286. The highest BCUT2D eigenvalue weighted by molar-refractivity contribution is 5.94. The van der Waals surface area contributed by atoms with Crippen LogP contribution in [0.2, 0.25) is 0 Å². The topological polar surface area (TPSA) is 91.3 Å². The maximum Gasteiger partial charge on any atom is 0.342 e. The van der Waals surface area contributed by atoms with E-state index in [1.807, 2.05) is 20.8 Å². The number of phenols is 1. The lowest BCUT2D eigenvalue weighted by Gasteiger charge is -2.25. The molecular formula is C23H26O7. The Bertz CT molecular complexity index is 978. The smallest absolute Gasteiger partial charge is 0.342 e. The Balaban J connectivity index is 2.19. The fourth-order valence-electron chi connectivity index (χ4n) is 3.55. The van der Waals surface area contributed by atoms with E-state index in [1.165, 1.54) is 14.0 Å². The molecule has 2 aromatic carbocycles. The fourth-order valence-corrected chi connectivity index (χ4v) is 3.55. The van der Waals surface area contributed by atoms with Crippen molar-refractivity contribution < 1.29 is 33.6 Å². The summed E-state index contributed by atoms with van der Waals surface area (Å²) >= 11 is 0. The molecule has 0 fully saturated rings. The summed E-state index contributed by atoms with van der Waals surface area (Å²) in [6, 6.07) is 6.58. The molecule has 0 saturated heterocycles. The number of hydrogen-bond acceptors (Lipinski definition) is 7.